The van der Waals surface area contributed by atoms with Crippen molar-refractivity contribution in [3.05, 3.63) is 0 Å². The van der Waals surface area contributed by atoms with Gasteiger partial charge in [-0.15, -0.1) is 0 Å². The Morgan fingerprint density at radius 1 is 1.12 bits per heavy atom. The summed E-state index contributed by atoms with van der Waals surface area (Å²) in [6, 6.07) is 0. The first-order chi connectivity index (χ1) is 8.33. The maximum atomic E-state index is 11.0. The highest BCUT2D eigenvalue weighted by molar-refractivity contribution is 5.75. The van der Waals surface area contributed by atoms with E-state index in [0.29, 0.717) is 6.42 Å². The standard InChI is InChI=1S/C14H28N2O/c1-15-14(17)10-6-12-16-11-5-9-13-7-3-2-4-8-13/h13,16H,2-12H2,1H3,(H,15,17). The third kappa shape index (κ3) is 7.37. The van der Waals surface area contributed by atoms with Crippen LogP contribution in [0.4, 0.5) is 0 Å². The smallest absolute Gasteiger partial charge is 0.219 e. The average molecular weight is 240 g/mol. The molecule has 0 bridgehead atoms. The predicted octanol–water partition coefficient (Wildman–Crippen LogP) is 2.46. The molecule has 0 spiro atoms. The summed E-state index contributed by atoms with van der Waals surface area (Å²) < 4.78 is 0. The van der Waals surface area contributed by atoms with E-state index in [2.05, 4.69) is 10.6 Å². The number of hydrogen-bond donors (Lipinski definition) is 2. The van der Waals surface area contributed by atoms with Gasteiger partial charge < -0.3 is 10.6 Å². The second-order valence-electron chi connectivity index (χ2n) is 5.17. The van der Waals surface area contributed by atoms with Crippen LogP contribution < -0.4 is 10.6 Å². The first-order valence-corrected chi connectivity index (χ1v) is 7.24. The van der Waals surface area contributed by atoms with E-state index in [1.807, 2.05) is 0 Å². The maximum absolute atomic E-state index is 11.0. The highest BCUT2D eigenvalue weighted by atomic mass is 16.1. The molecule has 0 saturated heterocycles. The van der Waals surface area contributed by atoms with Crippen LogP contribution in [0.3, 0.4) is 0 Å². The van der Waals surface area contributed by atoms with Crippen molar-refractivity contribution >= 4 is 5.91 Å². The van der Waals surface area contributed by atoms with Gasteiger partial charge in [-0.1, -0.05) is 32.1 Å². The van der Waals surface area contributed by atoms with Crippen LogP contribution in [0.1, 0.15) is 57.8 Å². The molecule has 1 aliphatic carbocycles. The summed E-state index contributed by atoms with van der Waals surface area (Å²) in [5.74, 6) is 1.14. The molecule has 3 heteroatoms. The Morgan fingerprint density at radius 2 is 1.82 bits per heavy atom. The topological polar surface area (TPSA) is 41.1 Å². The lowest BCUT2D eigenvalue weighted by molar-refractivity contribution is -0.120. The van der Waals surface area contributed by atoms with Gasteiger partial charge in [0.2, 0.25) is 5.91 Å². The minimum Gasteiger partial charge on any atom is -0.359 e. The molecule has 1 rings (SSSR count). The molecule has 0 unspecified atom stereocenters. The van der Waals surface area contributed by atoms with Crippen LogP contribution in [-0.4, -0.2) is 26.0 Å². The van der Waals surface area contributed by atoms with Crippen molar-refractivity contribution in [3.63, 3.8) is 0 Å². The van der Waals surface area contributed by atoms with Gasteiger partial charge in [-0.2, -0.15) is 0 Å². The van der Waals surface area contributed by atoms with Gasteiger partial charge in [0.15, 0.2) is 0 Å². The Balaban J connectivity index is 1.82. The summed E-state index contributed by atoms with van der Waals surface area (Å²) >= 11 is 0. The fourth-order valence-corrected chi connectivity index (χ4v) is 2.62. The lowest BCUT2D eigenvalue weighted by Gasteiger charge is -2.21. The number of nitrogens with one attached hydrogen (secondary N) is 2. The molecule has 1 amide bonds. The number of hydrogen-bond acceptors (Lipinski definition) is 2. The molecule has 0 aliphatic heterocycles. The van der Waals surface area contributed by atoms with Gasteiger partial charge in [-0.05, 0) is 38.3 Å². The van der Waals surface area contributed by atoms with Crippen LogP contribution in [0.2, 0.25) is 0 Å². The van der Waals surface area contributed by atoms with Gasteiger partial charge in [0.05, 0.1) is 0 Å². The van der Waals surface area contributed by atoms with Crippen LogP contribution >= 0.6 is 0 Å². The zero-order valence-electron chi connectivity index (χ0n) is 11.3. The van der Waals surface area contributed by atoms with Gasteiger partial charge in [-0.25, -0.2) is 0 Å². The average Bonchev–Trinajstić information content (AvgIpc) is 2.38. The Bertz CT molecular complexity index is 200. The molecule has 0 heterocycles. The van der Waals surface area contributed by atoms with Crippen molar-refractivity contribution in [3.8, 4) is 0 Å². The zero-order chi connectivity index (χ0) is 12.3. The molecule has 100 valence electrons. The van der Waals surface area contributed by atoms with Crippen molar-refractivity contribution in [2.24, 2.45) is 5.92 Å². The minimum atomic E-state index is 0.147. The molecule has 2 N–H and O–H groups in total. The minimum absolute atomic E-state index is 0.147. The van der Waals surface area contributed by atoms with Crippen LogP contribution in [0.25, 0.3) is 0 Å². The lowest BCUT2D eigenvalue weighted by Crippen LogP contribution is -2.22. The van der Waals surface area contributed by atoms with Crippen molar-refractivity contribution in [2.75, 3.05) is 20.1 Å². The van der Waals surface area contributed by atoms with Crippen LogP contribution in [0.15, 0.2) is 0 Å². The molecular formula is C14H28N2O. The van der Waals surface area contributed by atoms with Crippen LogP contribution in [0.5, 0.6) is 0 Å². The summed E-state index contributed by atoms with van der Waals surface area (Å²) in [6.07, 6.45) is 11.5. The fourth-order valence-electron chi connectivity index (χ4n) is 2.62. The normalized spacial score (nSPS) is 17.0. The molecule has 17 heavy (non-hydrogen) atoms. The van der Waals surface area contributed by atoms with Gasteiger partial charge in [0.25, 0.3) is 0 Å². The van der Waals surface area contributed by atoms with Crippen LogP contribution in [-0.2, 0) is 4.79 Å². The molecule has 1 saturated carbocycles. The monoisotopic (exact) mass is 240 g/mol. The van der Waals surface area contributed by atoms with E-state index in [-0.39, 0.29) is 5.91 Å². The molecule has 0 atom stereocenters. The summed E-state index contributed by atoms with van der Waals surface area (Å²) in [5, 5.41) is 6.07. The van der Waals surface area contributed by atoms with Gasteiger partial charge in [0, 0.05) is 13.5 Å². The highest BCUT2D eigenvalue weighted by Crippen LogP contribution is 2.26. The molecule has 0 aromatic heterocycles. The van der Waals surface area contributed by atoms with E-state index in [1.165, 1.54) is 44.9 Å². The molecule has 1 fully saturated rings. The second-order valence-corrected chi connectivity index (χ2v) is 5.17. The van der Waals surface area contributed by atoms with E-state index in [1.54, 1.807) is 7.05 Å². The van der Waals surface area contributed by atoms with Crippen molar-refractivity contribution in [1.29, 1.82) is 0 Å². The summed E-state index contributed by atoms with van der Waals surface area (Å²) in [4.78, 5) is 11.0. The summed E-state index contributed by atoms with van der Waals surface area (Å²) in [5.41, 5.74) is 0. The number of carbonyl (C=O) groups excluding carboxylic acids is 1. The zero-order valence-corrected chi connectivity index (χ0v) is 11.3. The molecule has 1 aliphatic rings. The molecule has 0 radical (unpaired) electrons. The second kappa shape index (κ2) is 9.46. The first-order valence-electron chi connectivity index (χ1n) is 7.24. The Kier molecular flexibility index (Phi) is 8.06. The number of rotatable bonds is 8. The first kappa shape index (κ1) is 14.5. The van der Waals surface area contributed by atoms with Gasteiger partial charge >= 0.3 is 0 Å². The van der Waals surface area contributed by atoms with Crippen LogP contribution in [0, 0.1) is 5.92 Å². The van der Waals surface area contributed by atoms with E-state index in [0.717, 1.165) is 25.4 Å². The Morgan fingerprint density at radius 3 is 2.53 bits per heavy atom. The summed E-state index contributed by atoms with van der Waals surface area (Å²) in [6.45, 7) is 2.09. The Labute approximate surface area is 106 Å². The molecule has 0 aromatic carbocycles. The van der Waals surface area contributed by atoms with E-state index >= 15 is 0 Å². The predicted molar refractivity (Wildman–Crippen MR) is 72.0 cm³/mol. The molecule has 0 aromatic rings. The third-order valence-electron chi connectivity index (χ3n) is 3.73. The van der Waals surface area contributed by atoms with Gasteiger partial charge in [0.1, 0.15) is 0 Å². The van der Waals surface area contributed by atoms with Gasteiger partial charge in [-0.3, -0.25) is 4.79 Å². The maximum Gasteiger partial charge on any atom is 0.219 e. The van der Waals surface area contributed by atoms with E-state index < -0.39 is 0 Å². The largest absolute Gasteiger partial charge is 0.359 e. The number of amides is 1. The summed E-state index contributed by atoms with van der Waals surface area (Å²) in [7, 11) is 1.69. The van der Waals surface area contributed by atoms with Crippen molar-refractivity contribution in [2.45, 2.75) is 57.8 Å². The Hall–Kier alpha value is -0.570. The molecule has 3 nitrogen and oxygen atoms in total. The fraction of sp³-hybridized carbons (Fsp3) is 0.929. The van der Waals surface area contributed by atoms with Crippen molar-refractivity contribution < 1.29 is 4.79 Å². The van der Waals surface area contributed by atoms with E-state index in [4.69, 9.17) is 0 Å². The van der Waals surface area contributed by atoms with Crippen molar-refractivity contribution in [1.82, 2.24) is 10.6 Å². The van der Waals surface area contributed by atoms with E-state index in [9.17, 15) is 4.79 Å². The highest BCUT2D eigenvalue weighted by Gasteiger charge is 2.12. The lowest BCUT2D eigenvalue weighted by atomic mass is 9.86. The third-order valence-corrected chi connectivity index (χ3v) is 3.73. The molecular weight excluding hydrogens is 212 g/mol. The number of carbonyl (C=O) groups is 1. The SMILES string of the molecule is CNC(=O)CCCNCCCC1CCCCC1. The quantitative estimate of drug-likeness (QED) is 0.640.